The maximum Gasteiger partial charge on any atom is 0.181 e. The first-order valence-electron chi connectivity index (χ1n) is 15.6. The second kappa shape index (κ2) is 10.2. The van der Waals surface area contributed by atoms with Gasteiger partial charge in [0.2, 0.25) is 0 Å². The standard InChI is InChI=1S/C33H44N4O2S/c1-22(2)21-37-26-6-7-27(37)18-28(17-26)36-14-12-23(13-15-36)25-16-33-31(34-20-25)19-32(35(33)3)24-4-8-29(9-5-24)40(38,39)30-10-11-30/h4-5,8-9,16,19-20,22-23,26-28,30H,6-7,10-15,17-18,21H2,1-3H3/t26-,27+,28?. The number of hydrogen-bond donors (Lipinski definition) is 0. The van der Waals surface area contributed by atoms with E-state index in [2.05, 4.69) is 53.6 Å². The number of fused-ring (bicyclic) bond motifs is 3. The van der Waals surface area contributed by atoms with Gasteiger partial charge in [-0.1, -0.05) is 26.0 Å². The minimum Gasteiger partial charge on any atom is -0.342 e. The number of sulfone groups is 1. The lowest BCUT2D eigenvalue weighted by Crippen LogP contribution is -2.52. The molecular weight excluding hydrogens is 516 g/mol. The van der Waals surface area contributed by atoms with Crippen LogP contribution in [0.4, 0.5) is 0 Å². The number of pyridine rings is 1. The summed E-state index contributed by atoms with van der Waals surface area (Å²) in [6, 6.07) is 14.3. The molecule has 0 spiro atoms. The van der Waals surface area contributed by atoms with Gasteiger partial charge < -0.3 is 9.47 Å². The van der Waals surface area contributed by atoms with Crippen LogP contribution < -0.4 is 0 Å². The van der Waals surface area contributed by atoms with Crippen LogP contribution in [0.25, 0.3) is 22.3 Å². The van der Waals surface area contributed by atoms with Crippen molar-refractivity contribution < 1.29 is 8.42 Å². The molecule has 4 fully saturated rings. The highest BCUT2D eigenvalue weighted by Gasteiger charge is 2.43. The van der Waals surface area contributed by atoms with E-state index in [0.29, 0.717) is 10.8 Å². The van der Waals surface area contributed by atoms with Crippen molar-refractivity contribution in [2.45, 2.75) is 99.4 Å². The highest BCUT2D eigenvalue weighted by molar-refractivity contribution is 7.92. The van der Waals surface area contributed by atoms with Crippen molar-refractivity contribution in [3.63, 3.8) is 0 Å². The van der Waals surface area contributed by atoms with Gasteiger partial charge in [-0.2, -0.15) is 0 Å². The molecule has 1 saturated carbocycles. The molecule has 2 bridgehead atoms. The highest BCUT2D eigenvalue weighted by Crippen LogP contribution is 2.40. The maximum absolute atomic E-state index is 12.6. The van der Waals surface area contributed by atoms with Gasteiger partial charge in [0.1, 0.15) is 0 Å². The van der Waals surface area contributed by atoms with E-state index in [-0.39, 0.29) is 5.25 Å². The van der Waals surface area contributed by atoms with Crippen molar-refractivity contribution in [3.05, 3.63) is 48.2 Å². The molecule has 3 aromatic rings. The number of likely N-dealkylation sites (tertiary alicyclic amines) is 1. The van der Waals surface area contributed by atoms with E-state index in [1.807, 2.05) is 12.1 Å². The van der Waals surface area contributed by atoms with E-state index < -0.39 is 9.84 Å². The molecule has 7 heteroatoms. The first kappa shape index (κ1) is 26.7. The number of benzene rings is 1. The molecule has 6 nitrogen and oxygen atoms in total. The molecule has 1 aliphatic carbocycles. The molecule has 214 valence electrons. The van der Waals surface area contributed by atoms with Gasteiger partial charge in [0.25, 0.3) is 0 Å². The van der Waals surface area contributed by atoms with Crippen LogP contribution in [0, 0.1) is 5.92 Å². The molecule has 3 aliphatic heterocycles. The van der Waals surface area contributed by atoms with Crippen molar-refractivity contribution in [1.29, 1.82) is 0 Å². The van der Waals surface area contributed by atoms with Crippen LogP contribution in [0.3, 0.4) is 0 Å². The van der Waals surface area contributed by atoms with Crippen LogP contribution in [0.5, 0.6) is 0 Å². The number of aryl methyl sites for hydroxylation is 1. The van der Waals surface area contributed by atoms with Crippen molar-refractivity contribution in [1.82, 2.24) is 19.4 Å². The predicted molar refractivity (Wildman–Crippen MR) is 161 cm³/mol. The first-order valence-corrected chi connectivity index (χ1v) is 17.1. The third-order valence-corrected chi connectivity index (χ3v) is 12.6. The Balaban J connectivity index is 1.03. The lowest BCUT2D eigenvalue weighted by Gasteiger charge is -2.46. The molecule has 4 aliphatic rings. The van der Waals surface area contributed by atoms with Crippen LogP contribution in [0.2, 0.25) is 0 Å². The van der Waals surface area contributed by atoms with Crippen molar-refractivity contribution in [2.75, 3.05) is 19.6 Å². The van der Waals surface area contributed by atoms with Crippen LogP contribution >= 0.6 is 0 Å². The smallest absolute Gasteiger partial charge is 0.181 e. The molecule has 5 heterocycles. The van der Waals surface area contributed by atoms with Gasteiger partial charge in [0, 0.05) is 37.9 Å². The van der Waals surface area contributed by atoms with E-state index in [1.165, 1.54) is 63.7 Å². The number of hydrogen-bond acceptors (Lipinski definition) is 5. The van der Waals surface area contributed by atoms with Gasteiger partial charge in [0.15, 0.2) is 9.84 Å². The van der Waals surface area contributed by atoms with Crippen LogP contribution in [-0.2, 0) is 16.9 Å². The Morgan fingerprint density at radius 2 is 1.57 bits per heavy atom. The maximum atomic E-state index is 12.6. The van der Waals surface area contributed by atoms with Crippen molar-refractivity contribution in [2.24, 2.45) is 13.0 Å². The van der Waals surface area contributed by atoms with Crippen LogP contribution in [0.15, 0.2) is 47.5 Å². The fraction of sp³-hybridized carbons (Fsp3) is 0.606. The van der Waals surface area contributed by atoms with Gasteiger partial charge in [-0.25, -0.2) is 8.42 Å². The van der Waals surface area contributed by atoms with E-state index in [0.717, 1.165) is 59.2 Å². The predicted octanol–water partition coefficient (Wildman–Crippen LogP) is 6.01. The summed E-state index contributed by atoms with van der Waals surface area (Å²) in [4.78, 5) is 11.0. The zero-order valence-corrected chi connectivity index (χ0v) is 25.1. The molecule has 1 aromatic carbocycles. The van der Waals surface area contributed by atoms with Crippen LogP contribution in [0.1, 0.15) is 76.7 Å². The Kier molecular flexibility index (Phi) is 6.83. The topological polar surface area (TPSA) is 58.4 Å². The quantitative estimate of drug-likeness (QED) is 0.354. The third-order valence-electron chi connectivity index (χ3n) is 10.3. The summed E-state index contributed by atoms with van der Waals surface area (Å²) in [5.41, 5.74) is 5.61. The van der Waals surface area contributed by atoms with Gasteiger partial charge in [0.05, 0.1) is 26.9 Å². The average Bonchev–Trinajstić information content (AvgIpc) is 3.74. The zero-order chi connectivity index (χ0) is 27.6. The summed E-state index contributed by atoms with van der Waals surface area (Å²) in [5, 5.41) is -0.177. The van der Waals surface area contributed by atoms with Crippen LogP contribution in [-0.4, -0.2) is 70.8 Å². The normalized spacial score (nSPS) is 26.8. The zero-order valence-electron chi connectivity index (χ0n) is 24.3. The molecule has 40 heavy (non-hydrogen) atoms. The summed E-state index contributed by atoms with van der Waals surface area (Å²) in [5.74, 6) is 1.33. The van der Waals surface area contributed by atoms with Gasteiger partial charge in [-0.05, 0) is 112 Å². The lowest BCUT2D eigenvalue weighted by atomic mass is 9.87. The summed E-state index contributed by atoms with van der Waals surface area (Å²) in [6.45, 7) is 8.39. The molecule has 3 saturated heterocycles. The SMILES string of the molecule is CC(C)CN1[C@@H]2CC[C@H]1CC(N1CCC(c3cnc4cc(-c5ccc(S(=O)(=O)C6CC6)cc5)n(C)c4c3)CC1)C2. The van der Waals surface area contributed by atoms with E-state index in [9.17, 15) is 8.42 Å². The molecule has 0 N–H and O–H groups in total. The number of aromatic nitrogens is 2. The van der Waals surface area contributed by atoms with Gasteiger partial charge >= 0.3 is 0 Å². The van der Waals surface area contributed by atoms with E-state index in [1.54, 1.807) is 12.1 Å². The molecule has 7 rings (SSSR count). The van der Waals surface area contributed by atoms with E-state index in [4.69, 9.17) is 4.98 Å². The summed E-state index contributed by atoms with van der Waals surface area (Å²) >= 11 is 0. The Bertz CT molecular complexity index is 1470. The van der Waals surface area contributed by atoms with E-state index >= 15 is 0 Å². The summed E-state index contributed by atoms with van der Waals surface area (Å²) in [6.07, 6.45) is 11.6. The molecule has 3 atom stereocenters. The monoisotopic (exact) mass is 560 g/mol. The number of nitrogens with zero attached hydrogens (tertiary/aromatic N) is 4. The number of rotatable bonds is 7. The lowest BCUT2D eigenvalue weighted by molar-refractivity contribution is 0.0403. The largest absolute Gasteiger partial charge is 0.342 e. The molecule has 0 amide bonds. The molecular formula is C33H44N4O2S. The average molecular weight is 561 g/mol. The second-order valence-corrected chi connectivity index (χ2v) is 15.7. The Morgan fingerprint density at radius 3 is 2.20 bits per heavy atom. The Labute approximate surface area is 239 Å². The fourth-order valence-corrected chi connectivity index (χ4v) is 9.62. The van der Waals surface area contributed by atoms with Gasteiger partial charge in [-0.3, -0.25) is 9.88 Å². The summed E-state index contributed by atoms with van der Waals surface area (Å²) in [7, 11) is -1.07. The molecule has 1 unspecified atom stereocenters. The molecule has 2 aromatic heterocycles. The van der Waals surface area contributed by atoms with Crippen molar-refractivity contribution in [3.8, 4) is 11.3 Å². The second-order valence-electron chi connectivity index (χ2n) is 13.4. The van der Waals surface area contributed by atoms with Gasteiger partial charge in [-0.15, -0.1) is 0 Å². The highest BCUT2D eigenvalue weighted by atomic mass is 32.2. The minimum atomic E-state index is -3.16. The minimum absolute atomic E-state index is 0.177. The Hall–Kier alpha value is -2.22. The summed E-state index contributed by atoms with van der Waals surface area (Å²) < 4.78 is 27.4. The first-order chi connectivity index (χ1) is 19.3. The Morgan fingerprint density at radius 1 is 0.900 bits per heavy atom. The fourth-order valence-electron chi connectivity index (χ4n) is 7.96. The number of piperidine rings is 2. The molecule has 0 radical (unpaired) electrons. The van der Waals surface area contributed by atoms with Crippen molar-refractivity contribution >= 4 is 20.9 Å². The third kappa shape index (κ3) is 4.82.